The second-order valence-electron chi connectivity index (χ2n) is 8.36. The van der Waals surface area contributed by atoms with Gasteiger partial charge in [-0.2, -0.15) is 0 Å². The first-order valence-electron chi connectivity index (χ1n) is 10.9. The molecule has 176 valence electrons. The lowest BCUT2D eigenvalue weighted by molar-refractivity contribution is -0.213. The maximum Gasteiger partial charge on any atom is 0.407 e. The summed E-state index contributed by atoms with van der Waals surface area (Å²) < 4.78 is 10.8. The number of hydrogen-bond acceptors (Lipinski definition) is 7. The number of rotatable bonds is 6. The van der Waals surface area contributed by atoms with Gasteiger partial charge >= 0.3 is 6.09 Å². The standard InChI is InChI=1S/C24H28N2O7/c1-13-19(11-27)33-23(22(30)21(13)29)26-20(28)10-25-24(31)32-12-18-16-8-4-2-6-14(16)15-7-3-5-9-17(15)18/h2-9,13,18-19,21-23,27,29-30H,10-12H2,1H3,(H,25,31)(H,26,28)/t13?,19?,21-,22?,23-/m1/s1. The van der Waals surface area contributed by atoms with Crippen LogP contribution in [0, 0.1) is 5.92 Å². The number of ether oxygens (including phenoxy) is 2. The van der Waals surface area contributed by atoms with Crippen molar-refractivity contribution in [2.75, 3.05) is 19.8 Å². The first-order valence-corrected chi connectivity index (χ1v) is 10.9. The summed E-state index contributed by atoms with van der Waals surface area (Å²) in [6.07, 6.45) is -5.22. The number of carbonyl (C=O) groups is 2. The van der Waals surface area contributed by atoms with Crippen LogP contribution in [0.15, 0.2) is 48.5 Å². The zero-order valence-corrected chi connectivity index (χ0v) is 18.2. The zero-order chi connectivity index (χ0) is 23.5. The molecule has 1 fully saturated rings. The Labute approximate surface area is 191 Å². The van der Waals surface area contributed by atoms with Gasteiger partial charge in [0.15, 0.2) is 6.23 Å². The highest BCUT2D eigenvalue weighted by Crippen LogP contribution is 2.44. The van der Waals surface area contributed by atoms with E-state index < -0.39 is 49.0 Å². The number of hydrogen-bond donors (Lipinski definition) is 5. The molecule has 1 aliphatic heterocycles. The fraction of sp³-hybridized carbons (Fsp3) is 0.417. The SMILES string of the molecule is CC1C(CO)O[C@@H](NC(=O)CNC(=O)OCC2c3ccccc3-c3ccccc32)C(O)[C@@H]1O. The number of fused-ring (bicyclic) bond motifs is 3. The third-order valence-corrected chi connectivity index (χ3v) is 6.33. The Morgan fingerprint density at radius 3 is 2.21 bits per heavy atom. The van der Waals surface area contributed by atoms with Crippen LogP contribution in [0.4, 0.5) is 4.79 Å². The molecule has 1 heterocycles. The summed E-state index contributed by atoms with van der Waals surface area (Å²) in [4.78, 5) is 24.4. The highest BCUT2D eigenvalue weighted by Gasteiger charge is 2.42. The summed E-state index contributed by atoms with van der Waals surface area (Å²) in [6.45, 7) is 0.980. The second kappa shape index (κ2) is 9.88. The molecule has 0 radical (unpaired) electrons. The molecular weight excluding hydrogens is 428 g/mol. The van der Waals surface area contributed by atoms with Gasteiger partial charge < -0.3 is 35.4 Å². The third-order valence-electron chi connectivity index (χ3n) is 6.33. The van der Waals surface area contributed by atoms with Crippen molar-refractivity contribution in [1.29, 1.82) is 0 Å². The number of aliphatic hydroxyl groups is 3. The van der Waals surface area contributed by atoms with Crippen molar-refractivity contribution >= 4 is 12.0 Å². The van der Waals surface area contributed by atoms with Crippen LogP contribution in [0.1, 0.15) is 24.0 Å². The van der Waals surface area contributed by atoms with Crippen LogP contribution in [0.25, 0.3) is 11.1 Å². The molecule has 0 aromatic heterocycles. The van der Waals surface area contributed by atoms with Crippen LogP contribution in [-0.4, -0.2) is 71.6 Å². The lowest BCUT2D eigenvalue weighted by Crippen LogP contribution is -2.61. The number of nitrogens with one attached hydrogen (secondary N) is 2. The van der Waals surface area contributed by atoms with Gasteiger partial charge in [0.2, 0.25) is 5.91 Å². The Morgan fingerprint density at radius 1 is 1.00 bits per heavy atom. The number of amides is 2. The van der Waals surface area contributed by atoms with Gasteiger partial charge in [0.05, 0.1) is 18.8 Å². The summed E-state index contributed by atoms with van der Waals surface area (Å²) in [5.74, 6) is -1.23. The highest BCUT2D eigenvalue weighted by atomic mass is 16.6. The minimum Gasteiger partial charge on any atom is -0.449 e. The predicted molar refractivity (Wildman–Crippen MR) is 118 cm³/mol. The molecule has 3 unspecified atom stereocenters. The molecular formula is C24H28N2O7. The van der Waals surface area contributed by atoms with Gasteiger partial charge in [-0.3, -0.25) is 4.79 Å². The maximum atomic E-state index is 12.2. The van der Waals surface area contributed by atoms with Crippen molar-refractivity contribution < 1.29 is 34.4 Å². The van der Waals surface area contributed by atoms with Crippen molar-refractivity contribution in [1.82, 2.24) is 10.6 Å². The smallest absolute Gasteiger partial charge is 0.407 e. The average molecular weight is 456 g/mol. The van der Waals surface area contributed by atoms with Gasteiger partial charge in [-0.05, 0) is 22.3 Å². The fourth-order valence-corrected chi connectivity index (χ4v) is 4.44. The van der Waals surface area contributed by atoms with Crippen molar-refractivity contribution in [3.05, 3.63) is 59.7 Å². The molecule has 0 bridgehead atoms. The summed E-state index contributed by atoms with van der Waals surface area (Å²) in [5.41, 5.74) is 4.40. The molecule has 2 aliphatic rings. The van der Waals surface area contributed by atoms with Gasteiger partial charge in [0.1, 0.15) is 19.3 Å². The molecule has 2 amide bonds. The molecule has 9 nitrogen and oxygen atoms in total. The number of aliphatic hydroxyl groups excluding tert-OH is 3. The third kappa shape index (κ3) is 4.72. The first kappa shape index (κ1) is 23.2. The molecule has 0 saturated carbocycles. The Bertz CT molecular complexity index is 966. The van der Waals surface area contributed by atoms with Crippen LogP contribution in [0.3, 0.4) is 0 Å². The lowest BCUT2D eigenvalue weighted by Gasteiger charge is -2.41. The van der Waals surface area contributed by atoms with Crippen molar-refractivity contribution in [3.63, 3.8) is 0 Å². The number of carbonyl (C=O) groups excluding carboxylic acids is 2. The van der Waals surface area contributed by atoms with Gasteiger partial charge in [0.25, 0.3) is 0 Å². The lowest BCUT2D eigenvalue weighted by atomic mass is 9.90. The molecule has 1 aliphatic carbocycles. The molecule has 5 N–H and O–H groups in total. The molecule has 2 aromatic rings. The molecule has 4 rings (SSSR count). The Morgan fingerprint density at radius 2 is 1.61 bits per heavy atom. The predicted octanol–water partition coefficient (Wildman–Crippen LogP) is 0.716. The Hall–Kier alpha value is -2.98. The number of benzene rings is 2. The minimum absolute atomic E-state index is 0.0957. The van der Waals surface area contributed by atoms with E-state index >= 15 is 0 Å². The van der Waals surface area contributed by atoms with Gasteiger partial charge in [0, 0.05) is 11.8 Å². The van der Waals surface area contributed by atoms with Gasteiger partial charge in [-0.15, -0.1) is 0 Å². The van der Waals surface area contributed by atoms with Crippen molar-refractivity contribution in [2.45, 2.75) is 37.4 Å². The average Bonchev–Trinajstić information content (AvgIpc) is 3.15. The zero-order valence-electron chi connectivity index (χ0n) is 18.2. The monoisotopic (exact) mass is 456 g/mol. The fourth-order valence-electron chi connectivity index (χ4n) is 4.44. The Balaban J connectivity index is 1.28. The summed E-state index contributed by atoms with van der Waals surface area (Å²) >= 11 is 0. The molecule has 1 saturated heterocycles. The molecule has 2 aromatic carbocycles. The van der Waals surface area contributed by atoms with Crippen LogP contribution in [0.2, 0.25) is 0 Å². The van der Waals surface area contributed by atoms with Gasteiger partial charge in [-0.25, -0.2) is 4.79 Å². The topological polar surface area (TPSA) is 137 Å². The summed E-state index contributed by atoms with van der Waals surface area (Å²) in [6, 6.07) is 15.9. The van der Waals surface area contributed by atoms with E-state index in [1.165, 1.54) is 0 Å². The van der Waals surface area contributed by atoms with E-state index in [0.29, 0.717) is 0 Å². The van der Waals surface area contributed by atoms with E-state index in [4.69, 9.17) is 9.47 Å². The van der Waals surface area contributed by atoms with Crippen molar-refractivity contribution in [2.24, 2.45) is 5.92 Å². The quantitative estimate of drug-likeness (QED) is 0.432. The van der Waals surface area contributed by atoms with E-state index in [-0.39, 0.29) is 19.1 Å². The van der Waals surface area contributed by atoms with E-state index in [1.807, 2.05) is 48.5 Å². The van der Waals surface area contributed by atoms with Crippen molar-refractivity contribution in [3.8, 4) is 11.1 Å². The first-order chi connectivity index (χ1) is 15.9. The van der Waals surface area contributed by atoms with Crippen LogP contribution in [0.5, 0.6) is 0 Å². The largest absolute Gasteiger partial charge is 0.449 e. The van der Waals surface area contributed by atoms with E-state index in [0.717, 1.165) is 22.3 Å². The molecule has 5 atom stereocenters. The summed E-state index contributed by atoms with van der Waals surface area (Å²) in [7, 11) is 0. The van der Waals surface area contributed by atoms with Crippen LogP contribution >= 0.6 is 0 Å². The highest BCUT2D eigenvalue weighted by molar-refractivity contribution is 5.82. The van der Waals surface area contributed by atoms with Gasteiger partial charge in [-0.1, -0.05) is 55.5 Å². The molecule has 0 spiro atoms. The van der Waals surface area contributed by atoms with E-state index in [1.54, 1.807) is 6.92 Å². The minimum atomic E-state index is -1.36. The van der Waals surface area contributed by atoms with Crippen LogP contribution in [-0.2, 0) is 14.3 Å². The maximum absolute atomic E-state index is 12.2. The van der Waals surface area contributed by atoms with E-state index in [2.05, 4.69) is 10.6 Å². The normalized spacial score (nSPS) is 26.2. The summed E-state index contributed by atoms with van der Waals surface area (Å²) in [5, 5.41) is 34.4. The molecule has 33 heavy (non-hydrogen) atoms. The van der Waals surface area contributed by atoms with Crippen LogP contribution < -0.4 is 10.6 Å². The molecule has 9 heteroatoms. The second-order valence-corrected chi connectivity index (χ2v) is 8.36. The van der Waals surface area contributed by atoms with E-state index in [9.17, 15) is 24.9 Å². The number of alkyl carbamates (subject to hydrolysis) is 1. The Kier molecular flexibility index (Phi) is 6.94.